The first-order valence-corrected chi connectivity index (χ1v) is 7.07. The summed E-state index contributed by atoms with van der Waals surface area (Å²) in [5.41, 5.74) is 2.31. The van der Waals surface area contributed by atoms with E-state index in [4.69, 9.17) is 0 Å². The maximum absolute atomic E-state index is 9.52. The molecular formula is C17H19N3O. The molecule has 0 amide bonds. The van der Waals surface area contributed by atoms with Crippen LogP contribution < -0.4 is 5.32 Å². The summed E-state index contributed by atoms with van der Waals surface area (Å²) in [5.74, 6) is 1.19. The number of aromatic hydroxyl groups is 1. The normalized spacial score (nSPS) is 17.2. The Balaban J connectivity index is 1.63. The Bertz CT molecular complexity index is 639. The molecule has 108 valence electrons. The summed E-state index contributed by atoms with van der Waals surface area (Å²) in [7, 11) is 2.00. The predicted molar refractivity (Wildman–Crippen MR) is 84.2 cm³/mol. The topological polar surface area (TPSA) is 47.9 Å². The summed E-state index contributed by atoms with van der Waals surface area (Å²) >= 11 is 0. The molecule has 0 bridgehead atoms. The number of benzene rings is 2. The molecule has 2 aromatic carbocycles. The first-order chi connectivity index (χ1) is 10.2. The van der Waals surface area contributed by atoms with Gasteiger partial charge < -0.3 is 15.3 Å². The van der Waals surface area contributed by atoms with Crippen molar-refractivity contribution in [2.45, 2.75) is 12.6 Å². The van der Waals surface area contributed by atoms with Gasteiger partial charge in [-0.2, -0.15) is 0 Å². The van der Waals surface area contributed by atoms with Crippen LogP contribution in [0.15, 0.2) is 59.6 Å². The molecule has 1 unspecified atom stereocenters. The molecule has 2 N–H and O–H groups in total. The van der Waals surface area contributed by atoms with E-state index in [1.165, 1.54) is 5.56 Å². The van der Waals surface area contributed by atoms with Gasteiger partial charge >= 0.3 is 0 Å². The van der Waals surface area contributed by atoms with E-state index < -0.39 is 0 Å². The Morgan fingerprint density at radius 3 is 2.76 bits per heavy atom. The second kappa shape index (κ2) is 5.87. The zero-order valence-corrected chi connectivity index (χ0v) is 12.0. The first kappa shape index (κ1) is 13.5. The van der Waals surface area contributed by atoms with Crippen molar-refractivity contribution in [3.8, 4) is 5.75 Å². The Kier molecular flexibility index (Phi) is 3.77. The Morgan fingerprint density at radius 1 is 1.19 bits per heavy atom. The summed E-state index contributed by atoms with van der Waals surface area (Å²) in [5, 5.41) is 13.0. The lowest BCUT2D eigenvalue weighted by Crippen LogP contribution is -2.36. The van der Waals surface area contributed by atoms with Gasteiger partial charge in [-0.3, -0.25) is 4.99 Å². The van der Waals surface area contributed by atoms with Crippen LogP contribution in [0.3, 0.4) is 0 Å². The lowest BCUT2D eigenvalue weighted by atomic mass is 10.1. The van der Waals surface area contributed by atoms with Gasteiger partial charge in [0, 0.05) is 13.6 Å². The van der Waals surface area contributed by atoms with E-state index in [1.807, 2.05) is 37.4 Å². The largest absolute Gasteiger partial charge is 0.508 e. The Labute approximate surface area is 124 Å². The zero-order valence-electron chi connectivity index (χ0n) is 12.0. The lowest BCUT2D eigenvalue weighted by Gasteiger charge is -2.21. The van der Waals surface area contributed by atoms with Crippen molar-refractivity contribution in [1.29, 1.82) is 0 Å². The SMILES string of the molecule is CN(Cc1cccc(O)c1)C1=NCC(c2ccccc2)N1. The third kappa shape index (κ3) is 3.16. The number of nitrogens with zero attached hydrogens (tertiary/aromatic N) is 2. The van der Waals surface area contributed by atoms with Gasteiger partial charge in [0.15, 0.2) is 5.96 Å². The summed E-state index contributed by atoms with van der Waals surface area (Å²) in [4.78, 5) is 6.65. The molecule has 1 atom stereocenters. The molecule has 21 heavy (non-hydrogen) atoms. The molecule has 4 nitrogen and oxygen atoms in total. The highest BCUT2D eigenvalue weighted by atomic mass is 16.3. The van der Waals surface area contributed by atoms with Crippen molar-refractivity contribution in [2.24, 2.45) is 4.99 Å². The minimum Gasteiger partial charge on any atom is -0.508 e. The summed E-state index contributed by atoms with van der Waals surface area (Å²) in [6, 6.07) is 17.9. The highest BCUT2D eigenvalue weighted by molar-refractivity contribution is 5.82. The van der Waals surface area contributed by atoms with E-state index >= 15 is 0 Å². The van der Waals surface area contributed by atoms with Crippen molar-refractivity contribution < 1.29 is 5.11 Å². The van der Waals surface area contributed by atoms with E-state index in [9.17, 15) is 5.11 Å². The van der Waals surface area contributed by atoms with E-state index in [2.05, 4.69) is 27.3 Å². The van der Waals surface area contributed by atoms with E-state index in [0.29, 0.717) is 12.3 Å². The fraction of sp³-hybridized carbons (Fsp3) is 0.235. The van der Waals surface area contributed by atoms with Crippen molar-refractivity contribution in [3.05, 3.63) is 65.7 Å². The number of hydrogen-bond acceptors (Lipinski definition) is 4. The zero-order chi connectivity index (χ0) is 14.7. The van der Waals surface area contributed by atoms with Crippen LogP contribution in [0.2, 0.25) is 0 Å². The van der Waals surface area contributed by atoms with Crippen LogP contribution in [0.1, 0.15) is 17.2 Å². The molecular weight excluding hydrogens is 262 g/mol. The molecule has 0 fully saturated rings. The van der Waals surface area contributed by atoms with E-state index in [0.717, 1.165) is 18.1 Å². The number of rotatable bonds is 3. The first-order valence-electron chi connectivity index (χ1n) is 7.07. The number of hydrogen-bond donors (Lipinski definition) is 2. The second-order valence-corrected chi connectivity index (χ2v) is 5.30. The average Bonchev–Trinajstić information content (AvgIpc) is 2.98. The molecule has 0 spiro atoms. The number of phenolic OH excluding ortho intramolecular Hbond substituents is 1. The van der Waals surface area contributed by atoms with Crippen LogP contribution in [-0.2, 0) is 6.54 Å². The van der Waals surface area contributed by atoms with Gasteiger partial charge in [0.25, 0.3) is 0 Å². The molecule has 0 aliphatic carbocycles. The molecule has 0 aromatic heterocycles. The summed E-state index contributed by atoms with van der Waals surface area (Å²) in [6.45, 7) is 1.46. The van der Waals surface area contributed by atoms with Gasteiger partial charge in [-0.15, -0.1) is 0 Å². The fourth-order valence-electron chi connectivity index (χ4n) is 2.53. The third-order valence-electron chi connectivity index (χ3n) is 3.62. The smallest absolute Gasteiger partial charge is 0.194 e. The van der Waals surface area contributed by atoms with Crippen LogP contribution in [0.5, 0.6) is 5.75 Å². The Hall–Kier alpha value is -2.49. The van der Waals surface area contributed by atoms with Crippen molar-refractivity contribution >= 4 is 5.96 Å². The molecule has 0 saturated carbocycles. The van der Waals surface area contributed by atoms with Gasteiger partial charge in [0.2, 0.25) is 0 Å². The number of phenols is 1. The average molecular weight is 281 g/mol. The van der Waals surface area contributed by atoms with Gasteiger partial charge in [-0.25, -0.2) is 0 Å². The highest BCUT2D eigenvalue weighted by Crippen LogP contribution is 2.18. The highest BCUT2D eigenvalue weighted by Gasteiger charge is 2.21. The second-order valence-electron chi connectivity index (χ2n) is 5.30. The maximum atomic E-state index is 9.52. The number of nitrogens with one attached hydrogen (secondary N) is 1. The summed E-state index contributed by atoms with van der Waals surface area (Å²) < 4.78 is 0. The molecule has 3 rings (SSSR count). The molecule has 1 aliphatic rings. The van der Waals surface area contributed by atoms with E-state index in [-0.39, 0.29) is 6.04 Å². The van der Waals surface area contributed by atoms with Crippen molar-refractivity contribution in [1.82, 2.24) is 10.2 Å². The predicted octanol–water partition coefficient (Wildman–Crippen LogP) is 2.52. The van der Waals surface area contributed by atoms with Crippen LogP contribution >= 0.6 is 0 Å². The third-order valence-corrected chi connectivity index (χ3v) is 3.62. The molecule has 4 heteroatoms. The summed E-state index contributed by atoms with van der Waals surface area (Å²) in [6.07, 6.45) is 0. The van der Waals surface area contributed by atoms with Crippen LogP contribution in [-0.4, -0.2) is 29.6 Å². The van der Waals surface area contributed by atoms with Gasteiger partial charge in [-0.1, -0.05) is 42.5 Å². The van der Waals surface area contributed by atoms with Crippen LogP contribution in [0, 0.1) is 0 Å². The van der Waals surface area contributed by atoms with Crippen LogP contribution in [0.25, 0.3) is 0 Å². The molecule has 0 saturated heterocycles. The minimum absolute atomic E-state index is 0.243. The van der Waals surface area contributed by atoms with Gasteiger partial charge in [0.05, 0.1) is 12.6 Å². The molecule has 2 aromatic rings. The minimum atomic E-state index is 0.243. The number of aliphatic imine (C=N–C) groups is 1. The standard InChI is InChI=1S/C17H19N3O/c1-20(12-13-6-5-9-15(21)10-13)17-18-11-16(19-17)14-7-3-2-4-8-14/h2-10,16,21H,11-12H2,1H3,(H,18,19). The lowest BCUT2D eigenvalue weighted by molar-refractivity contribution is 0.463. The quantitative estimate of drug-likeness (QED) is 0.909. The monoisotopic (exact) mass is 281 g/mol. The molecule has 0 radical (unpaired) electrons. The molecule has 1 aliphatic heterocycles. The van der Waals surface area contributed by atoms with Crippen LogP contribution in [0.4, 0.5) is 0 Å². The van der Waals surface area contributed by atoms with Gasteiger partial charge in [-0.05, 0) is 23.3 Å². The fourth-order valence-corrected chi connectivity index (χ4v) is 2.53. The van der Waals surface area contributed by atoms with Gasteiger partial charge in [0.1, 0.15) is 5.75 Å². The van der Waals surface area contributed by atoms with Crippen molar-refractivity contribution in [2.75, 3.05) is 13.6 Å². The van der Waals surface area contributed by atoms with E-state index in [1.54, 1.807) is 12.1 Å². The molecule has 1 heterocycles. The Morgan fingerprint density at radius 2 is 2.00 bits per heavy atom. The number of guanidine groups is 1. The maximum Gasteiger partial charge on any atom is 0.194 e. The van der Waals surface area contributed by atoms with Crippen molar-refractivity contribution in [3.63, 3.8) is 0 Å².